The maximum Gasteiger partial charge on any atom is 0.256 e. The number of benzene rings is 1. The van der Waals surface area contributed by atoms with E-state index in [2.05, 4.69) is 20.0 Å². The Morgan fingerprint density at radius 1 is 1.13 bits per heavy atom. The molecule has 0 bridgehead atoms. The van der Waals surface area contributed by atoms with Gasteiger partial charge in [-0.1, -0.05) is 18.2 Å². The van der Waals surface area contributed by atoms with E-state index >= 15 is 0 Å². The summed E-state index contributed by atoms with van der Waals surface area (Å²) in [5.74, 6) is 1.84. The van der Waals surface area contributed by atoms with Crippen LogP contribution in [0, 0.1) is 5.82 Å². The molecule has 0 aliphatic carbocycles. The minimum absolute atomic E-state index is 0.182. The van der Waals surface area contributed by atoms with Crippen molar-refractivity contribution >= 4 is 17.4 Å². The number of fused-ring (bicyclic) bond motifs is 1. The predicted octanol–water partition coefficient (Wildman–Crippen LogP) is 2.89. The SMILES string of the molecule is Nc1nc2nc(-c3ccco3)nn2c(N)c1CC1CCCN1Cc1ccccc1F. The summed E-state index contributed by atoms with van der Waals surface area (Å²) in [7, 11) is 0. The molecule has 154 valence electrons. The molecule has 0 amide bonds. The van der Waals surface area contributed by atoms with Gasteiger partial charge in [0.15, 0.2) is 5.76 Å². The molecule has 0 saturated carbocycles. The van der Waals surface area contributed by atoms with Gasteiger partial charge < -0.3 is 15.9 Å². The minimum atomic E-state index is -0.182. The van der Waals surface area contributed by atoms with Crippen LogP contribution < -0.4 is 11.5 Å². The largest absolute Gasteiger partial charge is 0.461 e. The highest BCUT2D eigenvalue weighted by Gasteiger charge is 2.28. The summed E-state index contributed by atoms with van der Waals surface area (Å²) in [6.07, 6.45) is 4.20. The number of likely N-dealkylation sites (tertiary alicyclic amines) is 1. The van der Waals surface area contributed by atoms with Crippen LogP contribution in [-0.4, -0.2) is 37.1 Å². The molecule has 1 aliphatic rings. The molecular weight excluding hydrogens is 385 g/mol. The van der Waals surface area contributed by atoms with Gasteiger partial charge in [-0.15, -0.1) is 5.10 Å². The van der Waals surface area contributed by atoms with Gasteiger partial charge in [0.05, 0.1) is 6.26 Å². The van der Waals surface area contributed by atoms with Gasteiger partial charge in [0, 0.05) is 23.7 Å². The third-order valence-corrected chi connectivity index (χ3v) is 5.67. The third-order valence-electron chi connectivity index (χ3n) is 5.67. The number of aromatic nitrogens is 4. The summed E-state index contributed by atoms with van der Waals surface area (Å²) < 4.78 is 21.0. The van der Waals surface area contributed by atoms with E-state index in [9.17, 15) is 4.39 Å². The molecule has 0 radical (unpaired) electrons. The zero-order chi connectivity index (χ0) is 20.7. The van der Waals surface area contributed by atoms with Crippen LogP contribution in [0.25, 0.3) is 17.4 Å². The fraction of sp³-hybridized carbons (Fsp3) is 0.286. The lowest BCUT2D eigenvalue weighted by Gasteiger charge is -2.25. The minimum Gasteiger partial charge on any atom is -0.461 e. The predicted molar refractivity (Wildman–Crippen MR) is 111 cm³/mol. The van der Waals surface area contributed by atoms with Crippen LogP contribution in [0.5, 0.6) is 0 Å². The molecule has 4 aromatic rings. The third kappa shape index (κ3) is 3.26. The standard InChI is InChI=1S/C21H22FN7O/c22-16-7-2-1-5-13(16)12-28-9-3-6-14(28)11-15-18(23)25-21-26-20(17-8-4-10-30-17)27-29(21)19(15)24/h1-2,4-5,7-8,10,14H,3,6,9,11-12,24H2,(H2,23,25,26,27). The van der Waals surface area contributed by atoms with Gasteiger partial charge in [-0.2, -0.15) is 14.5 Å². The highest BCUT2D eigenvalue weighted by atomic mass is 19.1. The summed E-state index contributed by atoms with van der Waals surface area (Å²) >= 11 is 0. The van der Waals surface area contributed by atoms with E-state index < -0.39 is 0 Å². The second-order valence-corrected chi connectivity index (χ2v) is 7.55. The molecule has 0 spiro atoms. The fourth-order valence-electron chi connectivity index (χ4n) is 4.11. The number of nitrogens with zero attached hydrogens (tertiary/aromatic N) is 5. The molecule has 3 aromatic heterocycles. The quantitative estimate of drug-likeness (QED) is 0.523. The highest BCUT2D eigenvalue weighted by molar-refractivity contribution is 5.61. The molecule has 4 heterocycles. The van der Waals surface area contributed by atoms with Crippen LogP contribution in [0.4, 0.5) is 16.0 Å². The smallest absolute Gasteiger partial charge is 0.256 e. The summed E-state index contributed by atoms with van der Waals surface area (Å²) in [6.45, 7) is 1.46. The normalized spacial score (nSPS) is 17.2. The molecule has 1 aliphatic heterocycles. The Bertz CT molecular complexity index is 1190. The number of hydrogen-bond donors (Lipinski definition) is 2. The number of halogens is 1. The zero-order valence-electron chi connectivity index (χ0n) is 16.3. The number of anilines is 2. The maximum absolute atomic E-state index is 14.1. The van der Waals surface area contributed by atoms with Gasteiger partial charge in [-0.3, -0.25) is 4.90 Å². The monoisotopic (exact) mass is 407 g/mol. The van der Waals surface area contributed by atoms with Crippen molar-refractivity contribution in [2.45, 2.75) is 31.8 Å². The van der Waals surface area contributed by atoms with Gasteiger partial charge in [0.1, 0.15) is 17.5 Å². The molecule has 5 rings (SSSR count). The first kappa shape index (κ1) is 18.6. The van der Waals surface area contributed by atoms with Crippen molar-refractivity contribution < 1.29 is 8.81 Å². The van der Waals surface area contributed by atoms with Crippen molar-refractivity contribution in [1.29, 1.82) is 0 Å². The Morgan fingerprint density at radius 2 is 2.00 bits per heavy atom. The average Bonchev–Trinajstić information content (AvgIpc) is 3.48. The summed E-state index contributed by atoms with van der Waals surface area (Å²) in [5.41, 5.74) is 14.1. The Kier molecular flexibility index (Phi) is 4.59. The topological polar surface area (TPSA) is 111 Å². The number of nitrogen functional groups attached to an aromatic ring is 2. The fourth-order valence-corrected chi connectivity index (χ4v) is 4.11. The molecule has 1 atom stereocenters. The number of nitrogens with two attached hydrogens (primary N) is 2. The van der Waals surface area contributed by atoms with E-state index in [1.807, 2.05) is 12.1 Å². The molecule has 1 aromatic carbocycles. The Labute approximate surface area is 172 Å². The highest BCUT2D eigenvalue weighted by Crippen LogP contribution is 2.29. The van der Waals surface area contributed by atoms with Crippen molar-refractivity contribution in [3.05, 3.63) is 59.6 Å². The molecule has 4 N–H and O–H groups in total. The lowest BCUT2D eigenvalue weighted by atomic mass is 10.0. The molecule has 8 nitrogen and oxygen atoms in total. The van der Waals surface area contributed by atoms with Crippen LogP contribution in [0.15, 0.2) is 47.1 Å². The molecule has 30 heavy (non-hydrogen) atoms. The lowest BCUT2D eigenvalue weighted by Crippen LogP contribution is -2.31. The second kappa shape index (κ2) is 7.42. The van der Waals surface area contributed by atoms with E-state index in [4.69, 9.17) is 15.9 Å². The molecule has 9 heteroatoms. The molecule has 1 unspecified atom stereocenters. The first-order valence-electron chi connectivity index (χ1n) is 9.92. The van der Waals surface area contributed by atoms with Gasteiger partial charge in [0.2, 0.25) is 5.82 Å². The van der Waals surface area contributed by atoms with E-state index in [0.717, 1.165) is 24.9 Å². The van der Waals surface area contributed by atoms with Crippen LogP contribution >= 0.6 is 0 Å². The maximum atomic E-state index is 14.1. The van der Waals surface area contributed by atoms with Crippen LogP contribution in [-0.2, 0) is 13.0 Å². The van der Waals surface area contributed by atoms with Crippen molar-refractivity contribution in [3.63, 3.8) is 0 Å². The molecule has 1 saturated heterocycles. The van der Waals surface area contributed by atoms with E-state index in [1.165, 1.54) is 10.6 Å². The van der Waals surface area contributed by atoms with E-state index in [0.29, 0.717) is 47.5 Å². The van der Waals surface area contributed by atoms with E-state index in [-0.39, 0.29) is 11.9 Å². The van der Waals surface area contributed by atoms with Crippen LogP contribution in [0.1, 0.15) is 24.0 Å². The van der Waals surface area contributed by atoms with E-state index in [1.54, 1.807) is 24.5 Å². The number of hydrogen-bond acceptors (Lipinski definition) is 7. The van der Waals surface area contributed by atoms with Crippen molar-refractivity contribution in [1.82, 2.24) is 24.5 Å². The second-order valence-electron chi connectivity index (χ2n) is 7.55. The van der Waals surface area contributed by atoms with Crippen LogP contribution in [0.2, 0.25) is 0 Å². The summed E-state index contributed by atoms with van der Waals surface area (Å²) in [5, 5.41) is 4.43. The van der Waals surface area contributed by atoms with Crippen molar-refractivity contribution in [2.75, 3.05) is 18.0 Å². The van der Waals surface area contributed by atoms with Gasteiger partial charge in [0.25, 0.3) is 5.78 Å². The molecular formula is C21H22FN7O. The summed E-state index contributed by atoms with van der Waals surface area (Å²) in [6, 6.07) is 10.6. The first-order chi connectivity index (χ1) is 14.6. The van der Waals surface area contributed by atoms with Crippen molar-refractivity contribution in [2.24, 2.45) is 0 Å². The number of furan rings is 1. The zero-order valence-corrected chi connectivity index (χ0v) is 16.3. The first-order valence-corrected chi connectivity index (χ1v) is 9.92. The average molecular weight is 407 g/mol. The van der Waals surface area contributed by atoms with Crippen molar-refractivity contribution in [3.8, 4) is 11.6 Å². The number of rotatable bonds is 5. The summed E-state index contributed by atoms with van der Waals surface area (Å²) in [4.78, 5) is 11.0. The van der Waals surface area contributed by atoms with Gasteiger partial charge in [-0.05, 0) is 44.0 Å². The molecule has 1 fully saturated rings. The van der Waals surface area contributed by atoms with Gasteiger partial charge in [-0.25, -0.2) is 4.39 Å². The Morgan fingerprint density at radius 3 is 2.80 bits per heavy atom. The Balaban J connectivity index is 1.43. The van der Waals surface area contributed by atoms with Gasteiger partial charge >= 0.3 is 0 Å². The Hall–Kier alpha value is -3.46. The lowest BCUT2D eigenvalue weighted by molar-refractivity contribution is 0.241. The van der Waals surface area contributed by atoms with Crippen LogP contribution in [0.3, 0.4) is 0 Å².